The van der Waals surface area contributed by atoms with E-state index in [0.29, 0.717) is 18.9 Å². The Morgan fingerprint density at radius 2 is 2.50 bits per heavy atom. The quantitative estimate of drug-likeness (QED) is 0.604. The molecule has 1 amide bonds. The maximum atomic E-state index is 10.4. The number of primary amides is 1. The molecular weight excluding hydrogens is 130 g/mol. The van der Waals surface area contributed by atoms with Crippen molar-refractivity contribution in [3.05, 3.63) is 0 Å². The van der Waals surface area contributed by atoms with Crippen molar-refractivity contribution in [1.29, 1.82) is 0 Å². The summed E-state index contributed by atoms with van der Waals surface area (Å²) in [5.74, 6) is 0.168. The molecule has 0 saturated carbocycles. The van der Waals surface area contributed by atoms with Gasteiger partial charge in [0, 0.05) is 19.6 Å². The first kappa shape index (κ1) is 7.54. The average molecular weight is 143 g/mol. The minimum absolute atomic E-state index is 0.212. The van der Waals surface area contributed by atoms with Gasteiger partial charge in [-0.1, -0.05) is 0 Å². The van der Waals surface area contributed by atoms with Gasteiger partial charge in [-0.05, 0) is 18.8 Å². The Labute approximate surface area is 60.5 Å². The first-order chi connectivity index (χ1) is 4.79. The van der Waals surface area contributed by atoms with E-state index in [-0.39, 0.29) is 5.91 Å². The van der Waals surface area contributed by atoms with Crippen molar-refractivity contribution in [2.45, 2.75) is 19.3 Å². The fourth-order valence-electron chi connectivity index (χ4n) is 1.25. The second-order valence-corrected chi connectivity index (χ2v) is 2.75. The first-order valence-corrected chi connectivity index (χ1v) is 3.65. The number of carbonyl (C=O) groups is 1. The van der Waals surface area contributed by atoms with E-state index in [2.05, 4.69) is 0 Å². The highest BCUT2D eigenvalue weighted by Crippen LogP contribution is 2.15. The lowest BCUT2D eigenvalue weighted by Gasteiger charge is -2.20. The Balaban J connectivity index is 2.19. The fraction of sp³-hybridized carbons (Fsp3) is 0.857. The van der Waals surface area contributed by atoms with Crippen LogP contribution in [0.4, 0.5) is 0 Å². The molecule has 0 bridgehead atoms. The lowest BCUT2D eigenvalue weighted by atomic mass is 9.99. The summed E-state index contributed by atoms with van der Waals surface area (Å²) in [4.78, 5) is 10.4. The van der Waals surface area contributed by atoms with Gasteiger partial charge in [0.05, 0.1) is 0 Å². The fourth-order valence-corrected chi connectivity index (χ4v) is 1.25. The largest absolute Gasteiger partial charge is 0.381 e. The Bertz CT molecular complexity index is 119. The topological polar surface area (TPSA) is 52.3 Å². The number of carbonyl (C=O) groups excluding carboxylic acids is 1. The van der Waals surface area contributed by atoms with Crippen LogP contribution in [0, 0.1) is 5.92 Å². The molecule has 1 atom stereocenters. The molecule has 1 heterocycles. The molecule has 0 spiro atoms. The highest BCUT2D eigenvalue weighted by atomic mass is 16.5. The van der Waals surface area contributed by atoms with Gasteiger partial charge in [-0.25, -0.2) is 0 Å². The van der Waals surface area contributed by atoms with E-state index in [0.717, 1.165) is 19.4 Å². The van der Waals surface area contributed by atoms with Crippen molar-refractivity contribution in [1.82, 2.24) is 0 Å². The minimum Gasteiger partial charge on any atom is -0.381 e. The van der Waals surface area contributed by atoms with Gasteiger partial charge < -0.3 is 10.5 Å². The van der Waals surface area contributed by atoms with Crippen molar-refractivity contribution in [2.24, 2.45) is 11.7 Å². The maximum Gasteiger partial charge on any atom is 0.217 e. The van der Waals surface area contributed by atoms with Crippen LogP contribution in [-0.2, 0) is 9.53 Å². The van der Waals surface area contributed by atoms with Gasteiger partial charge in [-0.15, -0.1) is 0 Å². The summed E-state index contributed by atoms with van der Waals surface area (Å²) >= 11 is 0. The summed E-state index contributed by atoms with van der Waals surface area (Å²) in [7, 11) is 0. The van der Waals surface area contributed by atoms with Gasteiger partial charge in [0.15, 0.2) is 0 Å². The molecule has 1 unspecified atom stereocenters. The normalized spacial score (nSPS) is 26.2. The van der Waals surface area contributed by atoms with Crippen molar-refractivity contribution >= 4 is 5.91 Å². The van der Waals surface area contributed by atoms with Crippen molar-refractivity contribution in [3.8, 4) is 0 Å². The zero-order chi connectivity index (χ0) is 7.40. The summed E-state index contributed by atoms with van der Waals surface area (Å²) < 4.78 is 5.18. The summed E-state index contributed by atoms with van der Waals surface area (Å²) in [5, 5.41) is 0. The number of amides is 1. The Hall–Kier alpha value is -0.570. The third-order valence-corrected chi connectivity index (χ3v) is 1.74. The van der Waals surface area contributed by atoms with Gasteiger partial charge in [-0.2, -0.15) is 0 Å². The van der Waals surface area contributed by atoms with Crippen LogP contribution < -0.4 is 5.73 Å². The predicted molar refractivity (Wildman–Crippen MR) is 37.4 cm³/mol. The van der Waals surface area contributed by atoms with E-state index in [1.807, 2.05) is 0 Å². The standard InChI is InChI=1S/C7H13NO2/c8-7(9)4-6-2-1-3-10-5-6/h6H,1-5H2,(H2,8,9). The second-order valence-electron chi connectivity index (χ2n) is 2.75. The van der Waals surface area contributed by atoms with Gasteiger partial charge >= 0.3 is 0 Å². The summed E-state index contributed by atoms with van der Waals surface area (Å²) in [5.41, 5.74) is 5.03. The molecule has 0 aromatic rings. The first-order valence-electron chi connectivity index (χ1n) is 3.65. The molecule has 3 heteroatoms. The van der Waals surface area contributed by atoms with Crippen LogP contribution in [0.25, 0.3) is 0 Å². The van der Waals surface area contributed by atoms with Crippen LogP contribution in [0.2, 0.25) is 0 Å². The number of hydrogen-bond donors (Lipinski definition) is 1. The van der Waals surface area contributed by atoms with Crippen LogP contribution in [0.3, 0.4) is 0 Å². The van der Waals surface area contributed by atoms with E-state index in [4.69, 9.17) is 10.5 Å². The lowest BCUT2D eigenvalue weighted by Crippen LogP contribution is -2.23. The maximum absolute atomic E-state index is 10.4. The van der Waals surface area contributed by atoms with E-state index >= 15 is 0 Å². The number of hydrogen-bond acceptors (Lipinski definition) is 2. The van der Waals surface area contributed by atoms with E-state index in [9.17, 15) is 4.79 Å². The van der Waals surface area contributed by atoms with E-state index in [1.165, 1.54) is 0 Å². The summed E-state index contributed by atoms with van der Waals surface area (Å²) in [6.07, 6.45) is 2.64. The van der Waals surface area contributed by atoms with Crippen LogP contribution in [-0.4, -0.2) is 19.1 Å². The third kappa shape index (κ3) is 2.35. The van der Waals surface area contributed by atoms with Crippen molar-refractivity contribution in [3.63, 3.8) is 0 Å². The highest BCUT2D eigenvalue weighted by Gasteiger charge is 2.15. The third-order valence-electron chi connectivity index (χ3n) is 1.74. The van der Waals surface area contributed by atoms with Gasteiger partial charge in [0.1, 0.15) is 0 Å². The number of nitrogens with two attached hydrogens (primary N) is 1. The molecule has 0 aliphatic carbocycles. The minimum atomic E-state index is -0.212. The molecule has 0 radical (unpaired) electrons. The molecular formula is C7H13NO2. The van der Waals surface area contributed by atoms with Crippen LogP contribution in [0.1, 0.15) is 19.3 Å². The average Bonchev–Trinajstić information content (AvgIpc) is 1.88. The Morgan fingerprint density at radius 1 is 1.70 bits per heavy atom. The van der Waals surface area contributed by atoms with Crippen LogP contribution in [0.5, 0.6) is 0 Å². The molecule has 2 N–H and O–H groups in total. The SMILES string of the molecule is NC(=O)CC1CCCOC1. The molecule has 0 aromatic carbocycles. The highest BCUT2D eigenvalue weighted by molar-refractivity contribution is 5.73. The van der Waals surface area contributed by atoms with Gasteiger partial charge in [0.25, 0.3) is 0 Å². The smallest absolute Gasteiger partial charge is 0.217 e. The van der Waals surface area contributed by atoms with Gasteiger partial charge in [-0.3, -0.25) is 4.79 Å². The Kier molecular flexibility index (Phi) is 2.68. The van der Waals surface area contributed by atoms with Crippen molar-refractivity contribution < 1.29 is 9.53 Å². The van der Waals surface area contributed by atoms with Gasteiger partial charge in [0.2, 0.25) is 5.91 Å². The second kappa shape index (κ2) is 3.56. The van der Waals surface area contributed by atoms with E-state index in [1.54, 1.807) is 0 Å². The molecule has 58 valence electrons. The molecule has 1 aliphatic heterocycles. The molecule has 1 aliphatic rings. The molecule has 1 fully saturated rings. The lowest BCUT2D eigenvalue weighted by molar-refractivity contribution is -0.119. The predicted octanol–water partition coefficient (Wildman–Crippen LogP) is 0.288. The van der Waals surface area contributed by atoms with Crippen LogP contribution in [0.15, 0.2) is 0 Å². The molecule has 3 nitrogen and oxygen atoms in total. The monoisotopic (exact) mass is 143 g/mol. The summed E-state index contributed by atoms with van der Waals surface area (Å²) in [6, 6.07) is 0. The molecule has 1 saturated heterocycles. The number of ether oxygens (including phenoxy) is 1. The Morgan fingerprint density at radius 3 is 3.00 bits per heavy atom. The summed E-state index contributed by atoms with van der Waals surface area (Å²) in [6.45, 7) is 1.55. The zero-order valence-electron chi connectivity index (χ0n) is 6.01. The molecule has 10 heavy (non-hydrogen) atoms. The molecule has 0 aromatic heterocycles. The van der Waals surface area contributed by atoms with Crippen LogP contribution >= 0.6 is 0 Å². The number of rotatable bonds is 2. The zero-order valence-corrected chi connectivity index (χ0v) is 6.01. The van der Waals surface area contributed by atoms with Crippen molar-refractivity contribution in [2.75, 3.05) is 13.2 Å². The van der Waals surface area contributed by atoms with E-state index < -0.39 is 0 Å². The molecule has 1 rings (SSSR count).